The van der Waals surface area contributed by atoms with Gasteiger partial charge in [-0.25, -0.2) is 8.78 Å². The molecule has 0 radical (unpaired) electrons. The van der Waals surface area contributed by atoms with Gasteiger partial charge in [0.25, 0.3) is 5.92 Å². The fraction of sp³-hybridized carbons (Fsp3) is 0.800. The van der Waals surface area contributed by atoms with E-state index < -0.39 is 11.3 Å². The third kappa shape index (κ3) is 1.56. The number of alkyl halides is 2. The molecule has 1 nitrogen and oxygen atoms in total. The number of halogens is 2. The topological polar surface area (TPSA) is 9.23 Å². The van der Waals surface area contributed by atoms with E-state index in [0.29, 0.717) is 18.8 Å². The molecule has 0 atom stereocenters. The van der Waals surface area contributed by atoms with Gasteiger partial charge in [-0.05, 0) is 20.3 Å². The monoisotopic (exact) mass is 190 g/mol. The second kappa shape index (κ2) is 2.96. The van der Waals surface area contributed by atoms with Gasteiger partial charge < -0.3 is 4.74 Å². The van der Waals surface area contributed by atoms with Crippen LogP contribution in [0.1, 0.15) is 34.1 Å². The van der Waals surface area contributed by atoms with Gasteiger partial charge in [0.2, 0.25) is 0 Å². The highest BCUT2D eigenvalue weighted by atomic mass is 19.3. The molecule has 0 aliphatic carbocycles. The average Bonchev–Trinajstić information content (AvgIpc) is 2.05. The van der Waals surface area contributed by atoms with Crippen molar-refractivity contribution in [2.24, 2.45) is 5.41 Å². The predicted molar refractivity (Wildman–Crippen MR) is 47.7 cm³/mol. The molecule has 0 N–H and O–H groups in total. The highest BCUT2D eigenvalue weighted by molar-refractivity contribution is 5.18. The minimum absolute atomic E-state index is 0.0648. The summed E-state index contributed by atoms with van der Waals surface area (Å²) in [6.07, 6.45) is 0.384. The summed E-state index contributed by atoms with van der Waals surface area (Å²) in [6, 6.07) is 0. The van der Waals surface area contributed by atoms with E-state index in [1.165, 1.54) is 6.92 Å². The van der Waals surface area contributed by atoms with Crippen molar-refractivity contribution >= 4 is 0 Å². The van der Waals surface area contributed by atoms with Crippen molar-refractivity contribution in [1.29, 1.82) is 0 Å². The van der Waals surface area contributed by atoms with E-state index in [0.717, 1.165) is 0 Å². The molecule has 3 heteroatoms. The molecule has 0 saturated carbocycles. The molecule has 0 saturated heterocycles. The SMILES string of the molecule is CC1=C(C)C(F)(F)C(C)(C)CCO1. The summed E-state index contributed by atoms with van der Waals surface area (Å²) in [5.41, 5.74) is -0.940. The van der Waals surface area contributed by atoms with Gasteiger partial charge in [0.1, 0.15) is 0 Å². The van der Waals surface area contributed by atoms with Crippen LogP contribution in [-0.2, 0) is 4.74 Å². The first-order chi connectivity index (χ1) is 5.79. The Morgan fingerprint density at radius 3 is 2.31 bits per heavy atom. The van der Waals surface area contributed by atoms with E-state index in [4.69, 9.17) is 4.74 Å². The third-order valence-electron chi connectivity index (χ3n) is 2.89. The van der Waals surface area contributed by atoms with E-state index in [1.807, 2.05) is 0 Å². The summed E-state index contributed by atoms with van der Waals surface area (Å²) in [5.74, 6) is -2.39. The largest absolute Gasteiger partial charge is 0.498 e. The molecule has 1 heterocycles. The number of rotatable bonds is 0. The molecule has 1 aliphatic heterocycles. The van der Waals surface area contributed by atoms with Crippen LogP contribution in [0.15, 0.2) is 11.3 Å². The van der Waals surface area contributed by atoms with Crippen LogP contribution in [0.25, 0.3) is 0 Å². The van der Waals surface area contributed by atoms with Gasteiger partial charge in [-0.3, -0.25) is 0 Å². The minimum Gasteiger partial charge on any atom is -0.498 e. The van der Waals surface area contributed by atoms with E-state index in [1.54, 1.807) is 20.8 Å². The van der Waals surface area contributed by atoms with Crippen molar-refractivity contribution in [3.63, 3.8) is 0 Å². The summed E-state index contributed by atoms with van der Waals surface area (Å²) in [5, 5.41) is 0. The van der Waals surface area contributed by atoms with Crippen LogP contribution < -0.4 is 0 Å². The third-order valence-corrected chi connectivity index (χ3v) is 2.89. The molecule has 0 spiro atoms. The Morgan fingerprint density at radius 1 is 1.23 bits per heavy atom. The van der Waals surface area contributed by atoms with Crippen molar-refractivity contribution in [1.82, 2.24) is 0 Å². The number of hydrogen-bond donors (Lipinski definition) is 0. The summed E-state index contributed by atoms with van der Waals surface area (Å²) >= 11 is 0. The van der Waals surface area contributed by atoms with Crippen molar-refractivity contribution in [3.05, 3.63) is 11.3 Å². The Morgan fingerprint density at radius 2 is 1.77 bits per heavy atom. The van der Waals surface area contributed by atoms with Crippen LogP contribution >= 0.6 is 0 Å². The van der Waals surface area contributed by atoms with E-state index >= 15 is 0 Å². The van der Waals surface area contributed by atoms with Gasteiger partial charge >= 0.3 is 0 Å². The molecule has 0 amide bonds. The number of ether oxygens (including phenoxy) is 1. The Labute approximate surface area is 77.8 Å². The Kier molecular flexibility index (Phi) is 2.39. The zero-order chi connectivity index (χ0) is 10.3. The molecule has 0 aromatic carbocycles. The second-order valence-electron chi connectivity index (χ2n) is 4.24. The van der Waals surface area contributed by atoms with Crippen LogP contribution in [0.5, 0.6) is 0 Å². The van der Waals surface area contributed by atoms with Gasteiger partial charge in [0.15, 0.2) is 0 Å². The van der Waals surface area contributed by atoms with E-state index in [-0.39, 0.29) is 5.57 Å². The van der Waals surface area contributed by atoms with Crippen LogP contribution in [0.2, 0.25) is 0 Å². The average molecular weight is 190 g/mol. The van der Waals surface area contributed by atoms with E-state index in [2.05, 4.69) is 0 Å². The Balaban J connectivity index is 3.13. The Hall–Kier alpha value is -0.600. The predicted octanol–water partition coefficient (Wildman–Crippen LogP) is 3.36. The normalized spacial score (nSPS) is 26.6. The second-order valence-corrected chi connectivity index (χ2v) is 4.24. The maximum absolute atomic E-state index is 13.7. The van der Waals surface area contributed by atoms with Crippen LogP contribution in [0.4, 0.5) is 8.78 Å². The van der Waals surface area contributed by atoms with Gasteiger partial charge in [0.05, 0.1) is 12.4 Å². The van der Waals surface area contributed by atoms with Crippen LogP contribution in [0.3, 0.4) is 0 Å². The quantitative estimate of drug-likeness (QED) is 0.569. The lowest BCUT2D eigenvalue weighted by Crippen LogP contribution is -2.37. The van der Waals surface area contributed by atoms with Gasteiger partial charge in [-0.15, -0.1) is 0 Å². The Bertz CT molecular complexity index is 241. The van der Waals surface area contributed by atoms with Crippen molar-refractivity contribution in [3.8, 4) is 0 Å². The molecular weight excluding hydrogens is 174 g/mol. The number of allylic oxidation sites excluding steroid dienone is 2. The highest BCUT2D eigenvalue weighted by Crippen LogP contribution is 2.46. The first-order valence-electron chi connectivity index (χ1n) is 4.47. The highest BCUT2D eigenvalue weighted by Gasteiger charge is 2.49. The zero-order valence-corrected chi connectivity index (χ0v) is 8.58. The van der Waals surface area contributed by atoms with Gasteiger partial charge in [0, 0.05) is 11.0 Å². The molecule has 0 bridgehead atoms. The van der Waals surface area contributed by atoms with Crippen LogP contribution in [0, 0.1) is 5.41 Å². The first-order valence-corrected chi connectivity index (χ1v) is 4.47. The molecular formula is C10H16F2O. The van der Waals surface area contributed by atoms with E-state index in [9.17, 15) is 8.78 Å². The van der Waals surface area contributed by atoms with Crippen molar-refractivity contribution in [2.45, 2.75) is 40.0 Å². The summed E-state index contributed by atoms with van der Waals surface area (Å²) in [4.78, 5) is 0. The molecule has 0 aromatic heterocycles. The maximum Gasteiger partial charge on any atom is 0.277 e. The maximum atomic E-state index is 13.7. The summed E-state index contributed by atoms with van der Waals surface area (Å²) < 4.78 is 32.7. The first kappa shape index (κ1) is 10.5. The van der Waals surface area contributed by atoms with Crippen molar-refractivity contribution in [2.75, 3.05) is 6.61 Å². The molecule has 76 valence electrons. The zero-order valence-electron chi connectivity index (χ0n) is 8.58. The number of hydrogen-bond acceptors (Lipinski definition) is 1. The van der Waals surface area contributed by atoms with Crippen molar-refractivity contribution < 1.29 is 13.5 Å². The summed E-state index contributed by atoms with van der Waals surface area (Å²) in [7, 11) is 0. The fourth-order valence-corrected chi connectivity index (χ4v) is 1.45. The smallest absolute Gasteiger partial charge is 0.277 e. The molecule has 0 aromatic rings. The lowest BCUT2D eigenvalue weighted by Gasteiger charge is -2.32. The van der Waals surface area contributed by atoms with Crippen LogP contribution in [-0.4, -0.2) is 12.5 Å². The molecule has 1 aliphatic rings. The standard InChI is InChI=1S/C10H16F2O/c1-7-8(2)13-6-5-9(3,4)10(7,11)12/h5-6H2,1-4H3. The minimum atomic E-state index is -2.76. The summed E-state index contributed by atoms with van der Waals surface area (Å²) in [6.45, 7) is 6.59. The fourth-order valence-electron chi connectivity index (χ4n) is 1.45. The molecule has 0 fully saturated rings. The lowest BCUT2D eigenvalue weighted by molar-refractivity contribution is -0.0736. The lowest BCUT2D eigenvalue weighted by atomic mass is 9.79. The van der Waals surface area contributed by atoms with Gasteiger partial charge in [-0.2, -0.15) is 0 Å². The molecule has 13 heavy (non-hydrogen) atoms. The molecule has 1 rings (SSSR count). The van der Waals surface area contributed by atoms with Gasteiger partial charge in [-0.1, -0.05) is 13.8 Å². The molecule has 0 unspecified atom stereocenters.